The molecule has 32 heavy (non-hydrogen) atoms. The molecule has 2 N–H and O–H groups in total. The van der Waals surface area contributed by atoms with Crippen molar-refractivity contribution >= 4 is 51.8 Å². The highest BCUT2D eigenvalue weighted by molar-refractivity contribution is 7.99. The normalized spacial score (nSPS) is 16.8. The number of alkyl halides is 3. The summed E-state index contributed by atoms with van der Waals surface area (Å²) in [6.07, 6.45) is -5.66. The van der Waals surface area contributed by atoms with E-state index in [0.29, 0.717) is 15.8 Å². The van der Waals surface area contributed by atoms with Gasteiger partial charge in [0, 0.05) is 0 Å². The Morgan fingerprint density at radius 1 is 1.16 bits per heavy atom. The molecule has 2 amide bonds. The largest absolute Gasteiger partial charge is 0.409 e. The van der Waals surface area contributed by atoms with Crippen LogP contribution in [0.2, 0.25) is 0 Å². The predicted octanol–water partition coefficient (Wildman–Crippen LogP) is 3.61. The van der Waals surface area contributed by atoms with Gasteiger partial charge in [-0.05, 0) is 24.3 Å². The SMILES string of the molecule is O=C1CC(C(F)(F)F)N(C(=O)CSc2n[nH]c3nc4ccccc4n23)c2ccccc2N1. The van der Waals surface area contributed by atoms with E-state index in [0.717, 1.165) is 22.8 Å². The second-order valence-electron chi connectivity index (χ2n) is 7.14. The van der Waals surface area contributed by atoms with Gasteiger partial charge >= 0.3 is 6.18 Å². The highest BCUT2D eigenvalue weighted by Gasteiger charge is 2.48. The molecule has 0 spiro atoms. The molecule has 1 unspecified atom stereocenters. The molecule has 0 aliphatic carbocycles. The molecule has 0 radical (unpaired) electrons. The van der Waals surface area contributed by atoms with E-state index in [1.165, 1.54) is 18.2 Å². The van der Waals surface area contributed by atoms with E-state index in [2.05, 4.69) is 20.5 Å². The van der Waals surface area contributed by atoms with Gasteiger partial charge in [0.15, 0.2) is 5.16 Å². The summed E-state index contributed by atoms with van der Waals surface area (Å²) < 4.78 is 43.2. The van der Waals surface area contributed by atoms with Crippen LogP contribution in [0, 0.1) is 0 Å². The van der Waals surface area contributed by atoms with Gasteiger partial charge in [-0.2, -0.15) is 13.2 Å². The summed E-state index contributed by atoms with van der Waals surface area (Å²) in [5, 5.41) is 9.75. The maximum Gasteiger partial charge on any atom is 0.409 e. The fraction of sp³-hybridized carbons (Fsp3) is 0.200. The number of aromatic amines is 1. The number of anilines is 2. The lowest BCUT2D eigenvalue weighted by Crippen LogP contribution is -2.50. The molecular weight excluding hydrogens is 445 g/mol. The number of carbonyl (C=O) groups excluding carboxylic acids is 2. The first-order valence-electron chi connectivity index (χ1n) is 9.55. The van der Waals surface area contributed by atoms with Gasteiger partial charge in [-0.1, -0.05) is 36.0 Å². The Bertz CT molecular complexity index is 1350. The lowest BCUT2D eigenvalue weighted by molar-refractivity contribution is -0.157. The Labute approximate surface area is 182 Å². The summed E-state index contributed by atoms with van der Waals surface area (Å²) in [4.78, 5) is 30.2. The molecule has 1 atom stereocenters. The van der Waals surface area contributed by atoms with Gasteiger partial charge < -0.3 is 5.32 Å². The summed E-state index contributed by atoms with van der Waals surface area (Å²) in [7, 11) is 0. The van der Waals surface area contributed by atoms with Crippen molar-refractivity contribution in [2.75, 3.05) is 16.0 Å². The molecule has 4 aromatic rings. The number of hydrogen-bond acceptors (Lipinski definition) is 5. The van der Waals surface area contributed by atoms with E-state index in [-0.39, 0.29) is 17.1 Å². The zero-order chi connectivity index (χ0) is 22.5. The van der Waals surface area contributed by atoms with Gasteiger partial charge in [0.1, 0.15) is 6.04 Å². The van der Waals surface area contributed by atoms with Crippen LogP contribution in [0.15, 0.2) is 53.7 Å². The first kappa shape index (κ1) is 20.4. The van der Waals surface area contributed by atoms with Crippen LogP contribution in [0.5, 0.6) is 0 Å². The fourth-order valence-corrected chi connectivity index (χ4v) is 4.55. The van der Waals surface area contributed by atoms with Crippen LogP contribution >= 0.6 is 11.8 Å². The average molecular weight is 460 g/mol. The second kappa shape index (κ2) is 7.55. The van der Waals surface area contributed by atoms with Gasteiger partial charge in [-0.15, -0.1) is 5.10 Å². The van der Waals surface area contributed by atoms with Crippen molar-refractivity contribution < 1.29 is 22.8 Å². The van der Waals surface area contributed by atoms with Crippen LogP contribution in [0.25, 0.3) is 16.8 Å². The maximum atomic E-state index is 13.8. The van der Waals surface area contributed by atoms with E-state index in [1.54, 1.807) is 10.5 Å². The van der Waals surface area contributed by atoms with Crippen molar-refractivity contribution in [3.05, 3.63) is 48.5 Å². The lowest BCUT2D eigenvalue weighted by Gasteiger charge is -2.31. The molecule has 0 bridgehead atoms. The Morgan fingerprint density at radius 3 is 2.72 bits per heavy atom. The number of hydrogen-bond donors (Lipinski definition) is 2. The molecule has 0 saturated carbocycles. The molecule has 2 aromatic carbocycles. The Kier molecular flexibility index (Phi) is 4.81. The van der Waals surface area contributed by atoms with Gasteiger partial charge in [-0.3, -0.25) is 18.9 Å². The average Bonchev–Trinajstić information content (AvgIpc) is 3.26. The molecule has 8 nitrogen and oxygen atoms in total. The van der Waals surface area contributed by atoms with E-state index in [4.69, 9.17) is 0 Å². The lowest BCUT2D eigenvalue weighted by atomic mass is 10.1. The maximum absolute atomic E-state index is 13.8. The van der Waals surface area contributed by atoms with Crippen molar-refractivity contribution in [3.8, 4) is 0 Å². The van der Waals surface area contributed by atoms with Crippen molar-refractivity contribution in [3.63, 3.8) is 0 Å². The zero-order valence-electron chi connectivity index (χ0n) is 16.3. The van der Waals surface area contributed by atoms with Crippen molar-refractivity contribution in [2.24, 2.45) is 0 Å². The van der Waals surface area contributed by atoms with Gasteiger partial charge in [0.2, 0.25) is 17.6 Å². The van der Waals surface area contributed by atoms with Gasteiger partial charge in [0.05, 0.1) is 34.6 Å². The van der Waals surface area contributed by atoms with Crippen LogP contribution in [0.3, 0.4) is 0 Å². The predicted molar refractivity (Wildman–Crippen MR) is 113 cm³/mol. The molecule has 1 aliphatic heterocycles. The van der Waals surface area contributed by atoms with Crippen molar-refractivity contribution in [2.45, 2.75) is 23.8 Å². The Balaban J connectivity index is 1.48. The van der Waals surface area contributed by atoms with Crippen LogP contribution < -0.4 is 10.2 Å². The number of carbonyl (C=O) groups is 2. The Morgan fingerprint density at radius 2 is 1.91 bits per heavy atom. The number of H-pyrrole nitrogens is 1. The van der Waals surface area contributed by atoms with Crippen LogP contribution in [-0.4, -0.2) is 49.4 Å². The molecule has 12 heteroatoms. The fourth-order valence-electron chi connectivity index (χ4n) is 3.73. The summed E-state index contributed by atoms with van der Waals surface area (Å²) >= 11 is 0.989. The van der Waals surface area contributed by atoms with E-state index >= 15 is 0 Å². The van der Waals surface area contributed by atoms with E-state index < -0.39 is 30.5 Å². The molecule has 2 aromatic heterocycles. The van der Waals surface area contributed by atoms with Gasteiger partial charge in [0.25, 0.3) is 0 Å². The van der Waals surface area contributed by atoms with Crippen LogP contribution in [0.1, 0.15) is 6.42 Å². The van der Waals surface area contributed by atoms with Crippen LogP contribution in [0.4, 0.5) is 24.5 Å². The third-order valence-electron chi connectivity index (χ3n) is 5.10. The summed E-state index contributed by atoms with van der Waals surface area (Å²) in [5.74, 6) is -1.45. The smallest absolute Gasteiger partial charge is 0.324 e. The first-order chi connectivity index (χ1) is 15.3. The highest BCUT2D eigenvalue weighted by Crippen LogP contribution is 2.38. The summed E-state index contributed by atoms with van der Waals surface area (Å²) in [6, 6.07) is 11.0. The van der Waals surface area contributed by atoms with E-state index in [9.17, 15) is 22.8 Å². The third kappa shape index (κ3) is 3.45. The number of thioether (sulfide) groups is 1. The number of nitrogens with one attached hydrogen (secondary N) is 2. The molecule has 0 saturated heterocycles. The van der Waals surface area contributed by atoms with Crippen LogP contribution in [-0.2, 0) is 9.59 Å². The van der Waals surface area contributed by atoms with Crippen molar-refractivity contribution in [1.29, 1.82) is 0 Å². The minimum Gasteiger partial charge on any atom is -0.324 e. The number of para-hydroxylation sites is 4. The Hall–Kier alpha value is -3.54. The molecule has 0 fully saturated rings. The molecule has 164 valence electrons. The summed E-state index contributed by atoms with van der Waals surface area (Å²) in [6.45, 7) is 0. The van der Waals surface area contributed by atoms with Gasteiger partial charge in [-0.25, -0.2) is 10.1 Å². The number of imidazole rings is 1. The molecule has 5 rings (SSSR count). The molecule has 1 aliphatic rings. The first-order valence-corrected chi connectivity index (χ1v) is 10.5. The second-order valence-corrected chi connectivity index (χ2v) is 8.09. The third-order valence-corrected chi connectivity index (χ3v) is 6.03. The number of fused-ring (bicyclic) bond motifs is 4. The molecular formula is C20H15F3N6O2S. The number of amides is 2. The topological polar surface area (TPSA) is 95.4 Å². The monoisotopic (exact) mass is 460 g/mol. The number of benzene rings is 2. The molecule has 3 heterocycles. The van der Waals surface area contributed by atoms with Crippen molar-refractivity contribution in [1.82, 2.24) is 19.6 Å². The number of aromatic nitrogens is 4. The quantitative estimate of drug-likeness (QED) is 0.456. The standard InChI is InChI=1S/C20H15F3N6O2S/c21-20(22,23)15-9-16(30)24-11-5-1-3-7-13(11)28(15)17(31)10-32-19-27-26-18-25-12-6-2-4-8-14(12)29(18)19/h1-8,15H,9-10H2,(H,24,30)(H,25,26). The van der Waals surface area contributed by atoms with E-state index in [1.807, 2.05) is 24.3 Å². The minimum absolute atomic E-state index is 0.00605. The number of nitrogens with zero attached hydrogens (tertiary/aromatic N) is 4. The highest BCUT2D eigenvalue weighted by atomic mass is 32.2. The zero-order valence-corrected chi connectivity index (χ0v) is 17.1. The summed E-state index contributed by atoms with van der Waals surface area (Å²) in [5.41, 5.74) is 1.64. The number of halogens is 3. The number of rotatable bonds is 3. The minimum atomic E-state index is -4.78.